The van der Waals surface area contributed by atoms with Crippen LogP contribution < -0.4 is 0 Å². The lowest BCUT2D eigenvalue weighted by molar-refractivity contribution is -0.133. The molecule has 0 radical (unpaired) electrons. The van der Waals surface area contributed by atoms with Gasteiger partial charge in [-0.3, -0.25) is 4.79 Å². The van der Waals surface area contributed by atoms with E-state index in [1.807, 2.05) is 29.2 Å². The van der Waals surface area contributed by atoms with Gasteiger partial charge in [-0.2, -0.15) is 0 Å². The zero-order valence-corrected chi connectivity index (χ0v) is 15.4. The van der Waals surface area contributed by atoms with Crippen molar-refractivity contribution < 1.29 is 4.79 Å². The smallest absolute Gasteiger partial charge is 0.225 e. The number of rotatable bonds is 3. The van der Waals surface area contributed by atoms with Gasteiger partial charge in [-0.25, -0.2) is 9.97 Å². The molecule has 1 aromatic carbocycles. The largest absolute Gasteiger partial charge is 0.338 e. The van der Waals surface area contributed by atoms with Crippen LogP contribution in [0.4, 0.5) is 0 Å². The molecule has 0 N–H and O–H groups in total. The highest BCUT2D eigenvalue weighted by Gasteiger charge is 2.35. The SMILES string of the molecule is CC(C)c1nc2c(c(-c3ccc(Cl)cc3)n1)CN(C(=O)C1CC1)CC2. The fourth-order valence-corrected chi connectivity index (χ4v) is 3.44. The number of hydrogen-bond donors (Lipinski definition) is 0. The molecule has 2 aromatic rings. The Labute approximate surface area is 153 Å². The molecule has 1 aliphatic heterocycles. The highest BCUT2D eigenvalue weighted by atomic mass is 35.5. The van der Waals surface area contributed by atoms with Gasteiger partial charge in [0.25, 0.3) is 0 Å². The monoisotopic (exact) mass is 355 g/mol. The molecule has 1 amide bonds. The minimum absolute atomic E-state index is 0.247. The Morgan fingerprint density at radius 1 is 1.20 bits per heavy atom. The molecule has 1 fully saturated rings. The first kappa shape index (κ1) is 16.5. The maximum absolute atomic E-state index is 12.5. The van der Waals surface area contributed by atoms with Gasteiger partial charge in [-0.1, -0.05) is 37.6 Å². The van der Waals surface area contributed by atoms with Crippen LogP contribution in [0.1, 0.15) is 49.7 Å². The summed E-state index contributed by atoms with van der Waals surface area (Å²) in [5.74, 6) is 1.67. The van der Waals surface area contributed by atoms with E-state index in [9.17, 15) is 4.79 Å². The van der Waals surface area contributed by atoms with E-state index in [2.05, 4.69) is 13.8 Å². The van der Waals surface area contributed by atoms with Crippen molar-refractivity contribution >= 4 is 17.5 Å². The molecule has 0 saturated heterocycles. The van der Waals surface area contributed by atoms with E-state index in [0.717, 1.165) is 54.1 Å². The van der Waals surface area contributed by atoms with E-state index in [0.29, 0.717) is 17.5 Å². The second-order valence-electron chi connectivity index (χ2n) is 7.30. The summed E-state index contributed by atoms with van der Waals surface area (Å²) in [7, 11) is 0. The van der Waals surface area contributed by atoms with Crippen LogP contribution in [-0.4, -0.2) is 27.3 Å². The van der Waals surface area contributed by atoms with E-state index in [1.165, 1.54) is 0 Å². The molecule has 1 aliphatic carbocycles. The van der Waals surface area contributed by atoms with Crippen LogP contribution in [0.3, 0.4) is 0 Å². The van der Waals surface area contributed by atoms with Gasteiger partial charge in [-0.05, 0) is 25.0 Å². The van der Waals surface area contributed by atoms with Crippen molar-refractivity contribution in [1.29, 1.82) is 0 Å². The normalized spacial score (nSPS) is 16.9. The summed E-state index contributed by atoms with van der Waals surface area (Å²) < 4.78 is 0. The van der Waals surface area contributed by atoms with Gasteiger partial charge in [0.05, 0.1) is 11.4 Å². The second kappa shape index (κ2) is 6.41. The van der Waals surface area contributed by atoms with E-state index < -0.39 is 0 Å². The van der Waals surface area contributed by atoms with Gasteiger partial charge < -0.3 is 4.90 Å². The summed E-state index contributed by atoms with van der Waals surface area (Å²) in [5.41, 5.74) is 4.15. The first-order chi connectivity index (χ1) is 12.0. The predicted molar refractivity (Wildman–Crippen MR) is 98.4 cm³/mol. The summed E-state index contributed by atoms with van der Waals surface area (Å²) in [6.07, 6.45) is 2.88. The van der Waals surface area contributed by atoms with Gasteiger partial charge in [-0.15, -0.1) is 0 Å². The van der Waals surface area contributed by atoms with Crippen LogP contribution >= 0.6 is 11.6 Å². The van der Waals surface area contributed by atoms with Gasteiger partial charge in [0, 0.05) is 47.5 Å². The number of halogens is 1. The van der Waals surface area contributed by atoms with Crippen molar-refractivity contribution in [3.63, 3.8) is 0 Å². The maximum Gasteiger partial charge on any atom is 0.225 e. The Morgan fingerprint density at radius 3 is 2.56 bits per heavy atom. The topological polar surface area (TPSA) is 46.1 Å². The maximum atomic E-state index is 12.5. The number of carbonyl (C=O) groups excluding carboxylic acids is 1. The third-order valence-electron chi connectivity index (χ3n) is 4.95. The van der Waals surface area contributed by atoms with E-state index in [1.54, 1.807) is 0 Å². The minimum Gasteiger partial charge on any atom is -0.338 e. The number of nitrogens with zero attached hydrogens (tertiary/aromatic N) is 3. The molecular weight excluding hydrogens is 334 g/mol. The Morgan fingerprint density at radius 2 is 1.92 bits per heavy atom. The summed E-state index contributed by atoms with van der Waals surface area (Å²) in [6.45, 7) is 5.59. The number of aromatic nitrogens is 2. The van der Waals surface area contributed by atoms with Gasteiger partial charge in [0.2, 0.25) is 5.91 Å². The highest BCUT2D eigenvalue weighted by molar-refractivity contribution is 6.30. The molecule has 0 bridgehead atoms. The minimum atomic E-state index is 0.247. The molecule has 0 atom stereocenters. The molecule has 2 aliphatic rings. The number of amides is 1. The zero-order chi connectivity index (χ0) is 17.6. The fraction of sp³-hybridized carbons (Fsp3) is 0.450. The Bertz CT molecular complexity index is 812. The molecule has 5 heteroatoms. The zero-order valence-electron chi connectivity index (χ0n) is 14.6. The molecule has 0 spiro atoms. The summed E-state index contributed by atoms with van der Waals surface area (Å²) >= 11 is 6.05. The number of hydrogen-bond acceptors (Lipinski definition) is 3. The highest BCUT2D eigenvalue weighted by Crippen LogP contribution is 2.35. The lowest BCUT2D eigenvalue weighted by Gasteiger charge is -2.30. The molecule has 2 heterocycles. The quantitative estimate of drug-likeness (QED) is 0.828. The van der Waals surface area contributed by atoms with E-state index in [-0.39, 0.29) is 11.8 Å². The molecule has 130 valence electrons. The molecule has 1 aromatic heterocycles. The average molecular weight is 356 g/mol. The number of benzene rings is 1. The summed E-state index contributed by atoms with van der Waals surface area (Å²) in [6, 6.07) is 7.76. The lowest BCUT2D eigenvalue weighted by Crippen LogP contribution is -2.38. The molecule has 1 saturated carbocycles. The molecular formula is C20H22ClN3O. The summed E-state index contributed by atoms with van der Waals surface area (Å²) in [4.78, 5) is 24.1. The fourth-order valence-electron chi connectivity index (χ4n) is 3.31. The van der Waals surface area contributed by atoms with Gasteiger partial charge in [0.1, 0.15) is 5.82 Å². The first-order valence-corrected chi connectivity index (χ1v) is 9.35. The van der Waals surface area contributed by atoms with Crippen molar-refractivity contribution in [2.24, 2.45) is 5.92 Å². The Kier molecular flexibility index (Phi) is 4.24. The van der Waals surface area contributed by atoms with Crippen molar-refractivity contribution in [3.8, 4) is 11.3 Å². The van der Waals surface area contributed by atoms with Gasteiger partial charge >= 0.3 is 0 Å². The molecule has 25 heavy (non-hydrogen) atoms. The van der Waals surface area contributed by atoms with Crippen LogP contribution in [0.15, 0.2) is 24.3 Å². The standard InChI is InChI=1S/C20H22ClN3O/c1-12(2)19-22-17-9-10-24(20(25)14-3-4-14)11-16(17)18(23-19)13-5-7-15(21)8-6-13/h5-8,12,14H,3-4,9-11H2,1-2H3. The summed E-state index contributed by atoms with van der Waals surface area (Å²) in [5, 5.41) is 0.710. The lowest BCUT2D eigenvalue weighted by atomic mass is 9.98. The molecule has 4 nitrogen and oxygen atoms in total. The van der Waals surface area contributed by atoms with Crippen LogP contribution in [0.25, 0.3) is 11.3 Å². The Balaban J connectivity index is 1.77. The van der Waals surface area contributed by atoms with Crippen LogP contribution in [0.5, 0.6) is 0 Å². The van der Waals surface area contributed by atoms with E-state index >= 15 is 0 Å². The first-order valence-electron chi connectivity index (χ1n) is 8.97. The molecule has 0 unspecified atom stereocenters. The predicted octanol–water partition coefficient (Wildman–Crippen LogP) is 4.22. The third kappa shape index (κ3) is 3.28. The molecule has 4 rings (SSSR count). The average Bonchev–Trinajstić information content (AvgIpc) is 3.45. The van der Waals surface area contributed by atoms with Crippen LogP contribution in [0, 0.1) is 5.92 Å². The van der Waals surface area contributed by atoms with Crippen molar-refractivity contribution in [1.82, 2.24) is 14.9 Å². The number of fused-ring (bicyclic) bond motifs is 1. The Hall–Kier alpha value is -1.94. The van der Waals surface area contributed by atoms with Crippen LogP contribution in [0.2, 0.25) is 5.02 Å². The van der Waals surface area contributed by atoms with Crippen molar-refractivity contribution in [2.45, 2.75) is 45.6 Å². The van der Waals surface area contributed by atoms with Gasteiger partial charge in [0.15, 0.2) is 0 Å². The second-order valence-corrected chi connectivity index (χ2v) is 7.74. The van der Waals surface area contributed by atoms with Crippen molar-refractivity contribution in [2.75, 3.05) is 6.54 Å². The third-order valence-corrected chi connectivity index (χ3v) is 5.20. The van der Waals surface area contributed by atoms with Crippen molar-refractivity contribution in [3.05, 3.63) is 46.4 Å². The van der Waals surface area contributed by atoms with Crippen LogP contribution in [-0.2, 0) is 17.8 Å². The van der Waals surface area contributed by atoms with E-state index in [4.69, 9.17) is 21.6 Å². The number of carbonyl (C=O) groups is 1.